The lowest BCUT2D eigenvalue weighted by Crippen LogP contribution is -2.31. The van der Waals surface area contributed by atoms with E-state index in [1.807, 2.05) is 0 Å². The maximum absolute atomic E-state index is 9.07. The molecule has 0 saturated heterocycles. The molecule has 0 unspecified atom stereocenters. The smallest absolute Gasteiger partial charge is 0.277 e. The summed E-state index contributed by atoms with van der Waals surface area (Å²) >= 11 is 0. The number of hydrogen-bond acceptors (Lipinski definition) is 5. The summed E-state index contributed by atoms with van der Waals surface area (Å²) in [5.41, 5.74) is 0. The van der Waals surface area contributed by atoms with Gasteiger partial charge in [-0.2, -0.15) is 0 Å². The predicted octanol–water partition coefficient (Wildman–Crippen LogP) is -0.304. The van der Waals surface area contributed by atoms with E-state index in [0.717, 1.165) is 0 Å². The van der Waals surface area contributed by atoms with Gasteiger partial charge in [-0.25, -0.2) is 0 Å². The molecular weight excluding hydrogens is 176 g/mol. The van der Waals surface area contributed by atoms with Gasteiger partial charge in [0.15, 0.2) is 0 Å². The largest absolute Gasteiger partial charge is 0.394 e. The lowest BCUT2D eigenvalue weighted by molar-refractivity contribution is -0.345. The van der Waals surface area contributed by atoms with Crippen LogP contribution in [0.1, 0.15) is 20.8 Å². The molecule has 0 spiro atoms. The van der Waals surface area contributed by atoms with E-state index in [2.05, 4.69) is 0 Å². The summed E-state index contributed by atoms with van der Waals surface area (Å²) < 4.78 is 9.61. The Morgan fingerprint density at radius 3 is 1.46 bits per heavy atom. The highest BCUT2D eigenvalue weighted by Crippen LogP contribution is 2.05. The maximum Gasteiger partial charge on any atom is 0.277 e. The molecule has 0 aliphatic heterocycles. The highest BCUT2D eigenvalue weighted by molar-refractivity contribution is 4.39. The molecule has 0 aromatic carbocycles. The van der Waals surface area contributed by atoms with Crippen LogP contribution in [0.25, 0.3) is 0 Å². The van der Waals surface area contributed by atoms with Crippen molar-refractivity contribution in [2.75, 3.05) is 26.4 Å². The third kappa shape index (κ3) is 14.6. The van der Waals surface area contributed by atoms with E-state index in [-0.39, 0.29) is 13.2 Å². The van der Waals surface area contributed by atoms with Gasteiger partial charge in [-0.1, -0.05) is 0 Å². The van der Waals surface area contributed by atoms with Gasteiger partial charge in [-0.15, -0.1) is 0 Å². The lowest BCUT2D eigenvalue weighted by atomic mass is 10.6. The summed E-state index contributed by atoms with van der Waals surface area (Å²) in [7, 11) is 0. The van der Waals surface area contributed by atoms with Gasteiger partial charge in [0.1, 0.15) is 0 Å². The first-order valence-electron chi connectivity index (χ1n) is 4.26. The molecule has 13 heavy (non-hydrogen) atoms. The zero-order valence-corrected chi connectivity index (χ0v) is 8.49. The number of rotatable bonds is 5. The van der Waals surface area contributed by atoms with E-state index in [4.69, 9.17) is 24.8 Å². The molecule has 0 aliphatic carbocycles. The minimum atomic E-state index is -1.40. The van der Waals surface area contributed by atoms with Gasteiger partial charge in [0.25, 0.3) is 5.97 Å². The van der Waals surface area contributed by atoms with Crippen molar-refractivity contribution < 1.29 is 24.8 Å². The molecule has 0 heterocycles. The molecule has 0 saturated carbocycles. The molecule has 5 heteroatoms. The van der Waals surface area contributed by atoms with Crippen molar-refractivity contribution in [3.63, 3.8) is 0 Å². The van der Waals surface area contributed by atoms with Gasteiger partial charge in [-0.05, 0) is 13.8 Å². The quantitative estimate of drug-likeness (QED) is 0.526. The Morgan fingerprint density at radius 2 is 1.31 bits per heavy atom. The van der Waals surface area contributed by atoms with E-state index in [9.17, 15) is 0 Å². The first kappa shape index (κ1) is 15.3. The molecule has 5 nitrogen and oxygen atoms in total. The summed E-state index contributed by atoms with van der Waals surface area (Å²) in [6.45, 7) is 5.72. The van der Waals surface area contributed by atoms with Crippen LogP contribution in [0.3, 0.4) is 0 Å². The fourth-order valence-electron chi connectivity index (χ4n) is 0.577. The first-order valence-corrected chi connectivity index (χ1v) is 4.26. The Morgan fingerprint density at radius 1 is 1.00 bits per heavy atom. The zero-order chi connectivity index (χ0) is 10.7. The monoisotopic (exact) mass is 196 g/mol. The minimum absolute atomic E-state index is 0.125. The highest BCUT2D eigenvalue weighted by atomic mass is 16.8. The summed E-state index contributed by atoms with van der Waals surface area (Å²) in [4.78, 5) is 0. The fraction of sp³-hybridized carbons (Fsp3) is 1.00. The van der Waals surface area contributed by atoms with Crippen LogP contribution in [0, 0.1) is 0 Å². The van der Waals surface area contributed by atoms with E-state index in [1.54, 1.807) is 13.8 Å². The summed E-state index contributed by atoms with van der Waals surface area (Å²) in [6.07, 6.45) is 0. The molecule has 0 aromatic rings. The second kappa shape index (κ2) is 9.88. The average Bonchev–Trinajstić information content (AvgIpc) is 2.04. The highest BCUT2D eigenvalue weighted by Gasteiger charge is 2.18. The van der Waals surface area contributed by atoms with Crippen LogP contribution in [0.4, 0.5) is 0 Å². The molecule has 3 N–H and O–H groups in total. The minimum Gasteiger partial charge on any atom is -0.394 e. The van der Waals surface area contributed by atoms with Gasteiger partial charge >= 0.3 is 0 Å². The molecule has 0 aromatic heterocycles. The van der Waals surface area contributed by atoms with Crippen LogP contribution in [0.15, 0.2) is 0 Å². The van der Waals surface area contributed by atoms with Crippen LogP contribution in [0.2, 0.25) is 0 Å². The first-order chi connectivity index (χ1) is 6.04. The van der Waals surface area contributed by atoms with E-state index in [0.29, 0.717) is 13.2 Å². The number of aliphatic hydroxyl groups is 3. The molecule has 0 fully saturated rings. The van der Waals surface area contributed by atoms with Crippen LogP contribution in [0.5, 0.6) is 0 Å². The van der Waals surface area contributed by atoms with E-state index >= 15 is 0 Å². The average molecular weight is 196 g/mol. The summed E-state index contributed by atoms with van der Waals surface area (Å²) in [5, 5.41) is 24.3. The van der Waals surface area contributed by atoms with E-state index in [1.165, 1.54) is 6.92 Å². The Labute approximate surface area is 78.9 Å². The predicted molar refractivity (Wildman–Crippen MR) is 48.0 cm³/mol. The molecule has 0 bridgehead atoms. The standard InChI is InChI=1S/C6H14O3.C2H6O2/c1-4-8-6(3,7)9-5-2;3-1-2-4/h7H,4-5H2,1-3H3;3-4H,1-2H2. The van der Waals surface area contributed by atoms with Gasteiger partial charge < -0.3 is 24.8 Å². The van der Waals surface area contributed by atoms with Crippen LogP contribution >= 0.6 is 0 Å². The summed E-state index contributed by atoms with van der Waals surface area (Å²) in [6, 6.07) is 0. The molecule has 0 aliphatic rings. The Hall–Kier alpha value is -0.200. The second-order valence-electron chi connectivity index (χ2n) is 2.21. The van der Waals surface area contributed by atoms with Crippen molar-refractivity contribution in [3.8, 4) is 0 Å². The van der Waals surface area contributed by atoms with Crippen molar-refractivity contribution >= 4 is 0 Å². The van der Waals surface area contributed by atoms with Crippen molar-refractivity contribution in [2.45, 2.75) is 26.7 Å². The molecule has 0 atom stereocenters. The fourth-order valence-corrected chi connectivity index (χ4v) is 0.577. The number of hydrogen-bond donors (Lipinski definition) is 3. The molecule has 0 rings (SSSR count). The van der Waals surface area contributed by atoms with Crippen molar-refractivity contribution in [3.05, 3.63) is 0 Å². The Kier molecular flexibility index (Phi) is 11.6. The van der Waals surface area contributed by atoms with Gasteiger partial charge in [0, 0.05) is 20.1 Å². The maximum atomic E-state index is 9.07. The van der Waals surface area contributed by atoms with Gasteiger partial charge in [0.2, 0.25) is 0 Å². The van der Waals surface area contributed by atoms with Crippen molar-refractivity contribution in [1.82, 2.24) is 0 Å². The second-order valence-corrected chi connectivity index (χ2v) is 2.21. The molecule has 0 amide bonds. The number of ether oxygens (including phenoxy) is 2. The third-order valence-electron chi connectivity index (χ3n) is 0.924. The van der Waals surface area contributed by atoms with Crippen LogP contribution in [-0.2, 0) is 9.47 Å². The van der Waals surface area contributed by atoms with Gasteiger partial charge in [-0.3, -0.25) is 0 Å². The third-order valence-corrected chi connectivity index (χ3v) is 0.924. The van der Waals surface area contributed by atoms with Crippen molar-refractivity contribution in [2.24, 2.45) is 0 Å². The SMILES string of the molecule is CCOC(C)(O)OCC.OCCO. The number of aliphatic hydroxyl groups excluding tert-OH is 2. The molecule has 0 radical (unpaired) electrons. The zero-order valence-electron chi connectivity index (χ0n) is 8.49. The Balaban J connectivity index is 0. The van der Waals surface area contributed by atoms with Crippen LogP contribution < -0.4 is 0 Å². The normalized spacial score (nSPS) is 10.6. The summed E-state index contributed by atoms with van der Waals surface area (Å²) in [5.74, 6) is -1.40. The Bertz CT molecular complexity index is 84.5. The van der Waals surface area contributed by atoms with Crippen LogP contribution in [-0.4, -0.2) is 47.7 Å². The van der Waals surface area contributed by atoms with Crippen molar-refractivity contribution in [1.29, 1.82) is 0 Å². The lowest BCUT2D eigenvalue weighted by Gasteiger charge is -2.21. The topological polar surface area (TPSA) is 79.2 Å². The van der Waals surface area contributed by atoms with Gasteiger partial charge in [0.05, 0.1) is 13.2 Å². The molecular formula is C8H20O5. The van der Waals surface area contributed by atoms with E-state index < -0.39 is 5.97 Å². The molecule has 82 valence electrons.